The fraction of sp³-hybridized carbons (Fsp3) is 0.533. The van der Waals surface area contributed by atoms with E-state index in [9.17, 15) is 18.0 Å². The summed E-state index contributed by atoms with van der Waals surface area (Å²) in [5.41, 5.74) is 0.374. The summed E-state index contributed by atoms with van der Waals surface area (Å²) in [5, 5.41) is 5.84. The minimum absolute atomic E-state index is 0.0654. The topological polar surface area (TPSA) is 59.6 Å². The number of benzene rings is 1. The molecule has 8 heteroatoms. The number of piperidine rings is 1. The molecule has 1 aromatic rings. The van der Waals surface area contributed by atoms with Crippen molar-refractivity contribution >= 4 is 11.6 Å². The molecule has 1 aliphatic heterocycles. The second-order valence-electron chi connectivity index (χ2n) is 5.30. The molecule has 1 saturated heterocycles. The summed E-state index contributed by atoms with van der Waals surface area (Å²) < 4.78 is 46.6. The first-order valence-electron chi connectivity index (χ1n) is 7.28. The van der Waals surface area contributed by atoms with E-state index >= 15 is 0 Å². The van der Waals surface area contributed by atoms with Gasteiger partial charge in [0.05, 0.1) is 13.0 Å². The van der Waals surface area contributed by atoms with Gasteiger partial charge in [-0.15, -0.1) is 0 Å². The number of hydrogen-bond donors (Lipinski definition) is 2. The summed E-state index contributed by atoms with van der Waals surface area (Å²) >= 11 is 0. The van der Waals surface area contributed by atoms with Crippen LogP contribution in [0, 0.1) is 5.92 Å². The Morgan fingerprint density at radius 1 is 1.39 bits per heavy atom. The zero-order valence-corrected chi connectivity index (χ0v) is 12.7. The van der Waals surface area contributed by atoms with Crippen LogP contribution in [0.4, 0.5) is 18.9 Å². The van der Waals surface area contributed by atoms with Crippen LogP contribution in [-0.4, -0.2) is 38.9 Å². The van der Waals surface area contributed by atoms with Crippen LogP contribution in [0.5, 0.6) is 11.5 Å². The van der Waals surface area contributed by atoms with Crippen LogP contribution in [0.15, 0.2) is 18.2 Å². The Morgan fingerprint density at radius 2 is 2.17 bits per heavy atom. The van der Waals surface area contributed by atoms with Gasteiger partial charge in [0, 0.05) is 18.3 Å². The van der Waals surface area contributed by atoms with E-state index in [4.69, 9.17) is 9.47 Å². The molecule has 0 radical (unpaired) electrons. The molecule has 0 saturated carbocycles. The summed E-state index contributed by atoms with van der Waals surface area (Å²) in [5.74, 6) is -0.203. The average Bonchev–Trinajstić information content (AvgIpc) is 2.53. The molecular formula is C15H19F3N2O3. The molecule has 0 spiro atoms. The van der Waals surface area contributed by atoms with E-state index < -0.39 is 12.8 Å². The quantitative estimate of drug-likeness (QED) is 0.870. The Hall–Kier alpha value is -1.96. The van der Waals surface area contributed by atoms with Crippen LogP contribution in [-0.2, 0) is 4.79 Å². The Bertz CT molecular complexity index is 543. The molecule has 0 bridgehead atoms. The maximum absolute atomic E-state index is 12.3. The first kappa shape index (κ1) is 17.4. The lowest BCUT2D eigenvalue weighted by Gasteiger charge is -2.22. The molecule has 0 aromatic heterocycles. The highest BCUT2D eigenvalue weighted by molar-refractivity contribution is 5.93. The minimum Gasteiger partial charge on any atom is -0.493 e. The first-order valence-corrected chi connectivity index (χ1v) is 7.28. The van der Waals surface area contributed by atoms with Gasteiger partial charge in [-0.05, 0) is 31.5 Å². The molecule has 23 heavy (non-hydrogen) atoms. The number of rotatable bonds is 5. The molecule has 1 unspecified atom stereocenters. The molecule has 1 aromatic carbocycles. The van der Waals surface area contributed by atoms with E-state index in [0.29, 0.717) is 12.2 Å². The molecule has 0 aliphatic carbocycles. The predicted octanol–water partition coefficient (Wildman–Crippen LogP) is 2.57. The number of nitrogens with one attached hydrogen (secondary N) is 2. The summed E-state index contributed by atoms with van der Waals surface area (Å²) in [4.78, 5) is 12.1. The van der Waals surface area contributed by atoms with Gasteiger partial charge >= 0.3 is 6.18 Å². The van der Waals surface area contributed by atoms with Gasteiger partial charge in [-0.25, -0.2) is 0 Å². The van der Waals surface area contributed by atoms with Crippen molar-refractivity contribution in [1.29, 1.82) is 0 Å². The van der Waals surface area contributed by atoms with Crippen LogP contribution >= 0.6 is 0 Å². The number of alkyl halides is 3. The Morgan fingerprint density at radius 3 is 2.78 bits per heavy atom. The fourth-order valence-corrected chi connectivity index (χ4v) is 2.35. The van der Waals surface area contributed by atoms with Gasteiger partial charge in [0.15, 0.2) is 18.1 Å². The summed E-state index contributed by atoms with van der Waals surface area (Å²) in [7, 11) is 1.34. The predicted molar refractivity (Wildman–Crippen MR) is 78.8 cm³/mol. The van der Waals surface area contributed by atoms with Crippen molar-refractivity contribution in [3.63, 3.8) is 0 Å². The Labute approximate surface area is 132 Å². The number of methoxy groups -OCH3 is 1. The Balaban J connectivity index is 2.05. The third-order valence-corrected chi connectivity index (χ3v) is 3.49. The molecule has 1 amide bonds. The smallest absolute Gasteiger partial charge is 0.422 e. The normalized spacial score (nSPS) is 18.3. The molecule has 1 aliphatic rings. The number of anilines is 1. The van der Waals surface area contributed by atoms with Gasteiger partial charge < -0.3 is 20.1 Å². The third kappa shape index (κ3) is 5.31. The van der Waals surface area contributed by atoms with Crippen molar-refractivity contribution in [2.75, 3.05) is 32.1 Å². The second-order valence-corrected chi connectivity index (χ2v) is 5.30. The van der Waals surface area contributed by atoms with Crippen LogP contribution in [0.1, 0.15) is 12.8 Å². The van der Waals surface area contributed by atoms with E-state index in [1.165, 1.54) is 19.2 Å². The zero-order valence-electron chi connectivity index (χ0n) is 12.7. The average molecular weight is 332 g/mol. The van der Waals surface area contributed by atoms with Crippen molar-refractivity contribution in [3.05, 3.63) is 18.2 Å². The molecule has 2 rings (SSSR count). The highest BCUT2D eigenvalue weighted by atomic mass is 19.4. The van der Waals surface area contributed by atoms with Gasteiger partial charge in [0.2, 0.25) is 5.91 Å². The number of amides is 1. The fourth-order valence-electron chi connectivity index (χ4n) is 2.35. The van der Waals surface area contributed by atoms with Crippen molar-refractivity contribution in [3.8, 4) is 11.5 Å². The number of hydrogen-bond acceptors (Lipinski definition) is 4. The largest absolute Gasteiger partial charge is 0.493 e. The highest BCUT2D eigenvalue weighted by Gasteiger charge is 2.29. The maximum Gasteiger partial charge on any atom is 0.422 e. The van der Waals surface area contributed by atoms with Gasteiger partial charge in [-0.2, -0.15) is 13.2 Å². The SMILES string of the molecule is COc1ccc(NC(=O)C2CCCNC2)cc1OCC(F)(F)F. The lowest BCUT2D eigenvalue weighted by molar-refractivity contribution is -0.153. The van der Waals surface area contributed by atoms with E-state index in [-0.39, 0.29) is 23.3 Å². The van der Waals surface area contributed by atoms with Crippen molar-refractivity contribution in [1.82, 2.24) is 5.32 Å². The number of carbonyl (C=O) groups excluding carboxylic acids is 1. The number of carbonyl (C=O) groups is 1. The van der Waals surface area contributed by atoms with Gasteiger partial charge in [0.1, 0.15) is 0 Å². The van der Waals surface area contributed by atoms with Crippen LogP contribution in [0.25, 0.3) is 0 Å². The van der Waals surface area contributed by atoms with Crippen molar-refractivity contribution in [2.24, 2.45) is 5.92 Å². The van der Waals surface area contributed by atoms with Crippen LogP contribution < -0.4 is 20.1 Å². The van der Waals surface area contributed by atoms with Gasteiger partial charge in [0.25, 0.3) is 0 Å². The van der Waals surface area contributed by atoms with Crippen LogP contribution in [0.3, 0.4) is 0 Å². The first-order chi connectivity index (χ1) is 10.9. The zero-order chi connectivity index (χ0) is 16.9. The standard InChI is InChI=1S/C15H19F3N2O3/c1-22-12-5-4-11(7-13(12)23-9-15(16,17)18)20-14(21)10-3-2-6-19-8-10/h4-5,7,10,19H,2-3,6,8-9H2,1H3,(H,20,21). The number of halogens is 3. The molecule has 1 heterocycles. The summed E-state index contributed by atoms with van der Waals surface area (Å²) in [6.07, 6.45) is -2.74. The van der Waals surface area contributed by atoms with Crippen LogP contribution in [0.2, 0.25) is 0 Å². The minimum atomic E-state index is -4.45. The van der Waals surface area contributed by atoms with Crippen molar-refractivity contribution in [2.45, 2.75) is 19.0 Å². The molecular weight excluding hydrogens is 313 g/mol. The molecule has 1 fully saturated rings. The number of ether oxygens (including phenoxy) is 2. The molecule has 5 nitrogen and oxygen atoms in total. The second kappa shape index (κ2) is 7.54. The van der Waals surface area contributed by atoms with E-state index in [0.717, 1.165) is 19.4 Å². The monoisotopic (exact) mass is 332 g/mol. The third-order valence-electron chi connectivity index (χ3n) is 3.49. The highest BCUT2D eigenvalue weighted by Crippen LogP contribution is 2.32. The Kier molecular flexibility index (Phi) is 5.70. The lowest BCUT2D eigenvalue weighted by atomic mass is 9.99. The summed E-state index contributed by atoms with van der Waals surface area (Å²) in [6, 6.07) is 4.35. The maximum atomic E-state index is 12.3. The van der Waals surface area contributed by atoms with E-state index in [1.54, 1.807) is 6.07 Å². The molecule has 128 valence electrons. The molecule has 2 N–H and O–H groups in total. The summed E-state index contributed by atoms with van der Waals surface area (Å²) in [6.45, 7) is 0.0640. The van der Waals surface area contributed by atoms with E-state index in [1.807, 2.05) is 0 Å². The van der Waals surface area contributed by atoms with E-state index in [2.05, 4.69) is 10.6 Å². The van der Waals surface area contributed by atoms with Gasteiger partial charge in [-0.1, -0.05) is 0 Å². The molecule has 1 atom stereocenters. The van der Waals surface area contributed by atoms with Gasteiger partial charge in [-0.3, -0.25) is 4.79 Å². The lowest BCUT2D eigenvalue weighted by Crippen LogP contribution is -2.37. The van der Waals surface area contributed by atoms with Crippen molar-refractivity contribution < 1.29 is 27.4 Å².